The lowest BCUT2D eigenvalue weighted by Crippen LogP contribution is -2.05. The summed E-state index contributed by atoms with van der Waals surface area (Å²) in [7, 11) is 0. The molecule has 4 heteroatoms. The molecule has 20 heavy (non-hydrogen) atoms. The van der Waals surface area contributed by atoms with Gasteiger partial charge in [0.1, 0.15) is 11.6 Å². The minimum Gasteiger partial charge on any atom is -0.491 e. The van der Waals surface area contributed by atoms with E-state index in [4.69, 9.17) is 16.3 Å². The molecular formula is C16H15BrClFO. The van der Waals surface area contributed by atoms with E-state index in [1.54, 1.807) is 6.07 Å². The molecule has 1 nitrogen and oxygen atoms in total. The van der Waals surface area contributed by atoms with Crippen LogP contribution in [-0.4, -0.2) is 6.10 Å². The molecule has 0 aliphatic carbocycles. The van der Waals surface area contributed by atoms with Crippen LogP contribution in [0.25, 0.3) is 0 Å². The summed E-state index contributed by atoms with van der Waals surface area (Å²) in [5, 5.41) is 0.411. The van der Waals surface area contributed by atoms with Gasteiger partial charge in [-0.3, -0.25) is 0 Å². The van der Waals surface area contributed by atoms with Crippen molar-refractivity contribution in [3.8, 4) is 5.75 Å². The van der Waals surface area contributed by atoms with E-state index in [1.807, 2.05) is 38.1 Å². The maximum Gasteiger partial charge on any atom is 0.124 e. The number of rotatable bonds is 4. The van der Waals surface area contributed by atoms with Crippen molar-refractivity contribution in [1.29, 1.82) is 0 Å². The summed E-state index contributed by atoms with van der Waals surface area (Å²) < 4.78 is 18.7. The van der Waals surface area contributed by atoms with E-state index < -0.39 is 0 Å². The number of alkyl halides is 1. The van der Waals surface area contributed by atoms with Crippen molar-refractivity contribution in [3.05, 3.63) is 64.4 Å². The van der Waals surface area contributed by atoms with Crippen LogP contribution in [0.2, 0.25) is 5.02 Å². The second kappa shape index (κ2) is 6.59. The second-order valence-electron chi connectivity index (χ2n) is 4.76. The molecule has 0 spiro atoms. The van der Waals surface area contributed by atoms with E-state index in [0.29, 0.717) is 5.02 Å². The molecule has 0 aliphatic rings. The molecule has 2 aromatic rings. The van der Waals surface area contributed by atoms with Crippen molar-refractivity contribution < 1.29 is 9.13 Å². The van der Waals surface area contributed by atoms with Gasteiger partial charge in [0.15, 0.2) is 0 Å². The van der Waals surface area contributed by atoms with E-state index in [-0.39, 0.29) is 16.7 Å². The van der Waals surface area contributed by atoms with Crippen LogP contribution >= 0.6 is 27.5 Å². The first kappa shape index (κ1) is 15.3. The molecular weight excluding hydrogens is 343 g/mol. The zero-order valence-corrected chi connectivity index (χ0v) is 13.6. The van der Waals surface area contributed by atoms with E-state index >= 15 is 0 Å². The van der Waals surface area contributed by atoms with Gasteiger partial charge in [-0.25, -0.2) is 4.39 Å². The predicted molar refractivity (Wildman–Crippen MR) is 84.4 cm³/mol. The molecule has 2 rings (SSSR count). The van der Waals surface area contributed by atoms with Gasteiger partial charge in [-0.15, -0.1) is 0 Å². The Balaban J connectivity index is 2.22. The highest BCUT2D eigenvalue weighted by molar-refractivity contribution is 9.09. The summed E-state index contributed by atoms with van der Waals surface area (Å²) in [6.45, 7) is 3.97. The molecule has 1 atom stereocenters. The molecule has 1 unspecified atom stereocenters. The van der Waals surface area contributed by atoms with Gasteiger partial charge in [0.05, 0.1) is 10.9 Å². The fourth-order valence-corrected chi connectivity index (χ4v) is 2.99. The van der Waals surface area contributed by atoms with E-state index in [0.717, 1.165) is 16.9 Å². The average Bonchev–Trinajstić information content (AvgIpc) is 2.38. The minimum absolute atomic E-state index is 0.0799. The minimum atomic E-state index is -0.334. The van der Waals surface area contributed by atoms with Crippen molar-refractivity contribution >= 4 is 27.5 Å². The molecule has 2 aromatic carbocycles. The Hall–Kier alpha value is -1.06. The number of hydrogen-bond donors (Lipinski definition) is 0. The van der Waals surface area contributed by atoms with Gasteiger partial charge in [-0.2, -0.15) is 0 Å². The SMILES string of the molecule is CC(C)Oc1ccc(C(Br)c2ccc(F)cc2Cl)cc1. The van der Waals surface area contributed by atoms with E-state index in [2.05, 4.69) is 15.9 Å². The lowest BCUT2D eigenvalue weighted by Gasteiger charge is -2.14. The summed E-state index contributed by atoms with van der Waals surface area (Å²) >= 11 is 9.68. The summed E-state index contributed by atoms with van der Waals surface area (Å²) in [6, 6.07) is 12.2. The fourth-order valence-electron chi connectivity index (χ4n) is 1.87. The average molecular weight is 358 g/mol. The molecule has 0 amide bonds. The number of halogens is 3. The van der Waals surface area contributed by atoms with Gasteiger partial charge >= 0.3 is 0 Å². The Labute approximate surface area is 131 Å². The summed E-state index contributed by atoms with van der Waals surface area (Å²) in [6.07, 6.45) is 0.146. The van der Waals surface area contributed by atoms with Gasteiger partial charge in [0, 0.05) is 5.02 Å². The molecule has 0 fully saturated rings. The van der Waals surface area contributed by atoms with Crippen molar-refractivity contribution in [2.24, 2.45) is 0 Å². The van der Waals surface area contributed by atoms with Crippen LogP contribution in [0.4, 0.5) is 4.39 Å². The molecule has 0 bridgehead atoms. The molecule has 106 valence electrons. The van der Waals surface area contributed by atoms with Crippen LogP contribution in [0.15, 0.2) is 42.5 Å². The Bertz CT molecular complexity index is 584. The number of benzene rings is 2. The molecule has 0 N–H and O–H groups in total. The molecule has 0 saturated heterocycles. The second-order valence-corrected chi connectivity index (χ2v) is 6.09. The fraction of sp³-hybridized carbons (Fsp3) is 0.250. The van der Waals surface area contributed by atoms with E-state index in [1.165, 1.54) is 12.1 Å². The van der Waals surface area contributed by atoms with Crippen LogP contribution in [0.3, 0.4) is 0 Å². The van der Waals surface area contributed by atoms with E-state index in [9.17, 15) is 4.39 Å². The normalized spacial score (nSPS) is 12.5. The molecule has 0 aliphatic heterocycles. The van der Waals surface area contributed by atoms with Crippen LogP contribution in [-0.2, 0) is 0 Å². The third kappa shape index (κ3) is 3.74. The van der Waals surface area contributed by atoms with Gasteiger partial charge in [0.2, 0.25) is 0 Å². The summed E-state index contributed by atoms with van der Waals surface area (Å²) in [4.78, 5) is -0.0799. The zero-order valence-electron chi connectivity index (χ0n) is 11.2. The van der Waals surface area contributed by atoms with Crippen LogP contribution in [0.1, 0.15) is 29.8 Å². The number of ether oxygens (including phenoxy) is 1. The van der Waals surface area contributed by atoms with Crippen molar-refractivity contribution in [2.75, 3.05) is 0 Å². The Morgan fingerprint density at radius 1 is 1.10 bits per heavy atom. The van der Waals surface area contributed by atoms with Gasteiger partial charge in [-0.1, -0.05) is 45.7 Å². The van der Waals surface area contributed by atoms with Gasteiger partial charge in [-0.05, 0) is 49.2 Å². The summed E-state index contributed by atoms with van der Waals surface area (Å²) in [5.41, 5.74) is 1.88. The third-order valence-corrected chi connectivity index (χ3v) is 4.13. The first-order valence-electron chi connectivity index (χ1n) is 6.33. The van der Waals surface area contributed by atoms with Crippen LogP contribution < -0.4 is 4.74 Å². The monoisotopic (exact) mass is 356 g/mol. The highest BCUT2D eigenvalue weighted by Crippen LogP contribution is 2.36. The Kier molecular flexibility index (Phi) is 5.06. The Morgan fingerprint density at radius 2 is 1.75 bits per heavy atom. The smallest absolute Gasteiger partial charge is 0.124 e. The predicted octanol–water partition coefficient (Wildman–Crippen LogP) is 5.75. The molecule has 0 radical (unpaired) electrons. The van der Waals surface area contributed by atoms with Crippen molar-refractivity contribution in [1.82, 2.24) is 0 Å². The summed E-state index contributed by atoms with van der Waals surface area (Å²) in [5.74, 6) is 0.493. The number of hydrogen-bond acceptors (Lipinski definition) is 1. The van der Waals surface area contributed by atoms with Crippen molar-refractivity contribution in [3.63, 3.8) is 0 Å². The largest absolute Gasteiger partial charge is 0.491 e. The standard InChI is InChI=1S/C16H15BrClFO/c1-10(2)20-13-6-3-11(4-7-13)16(17)14-8-5-12(19)9-15(14)18/h3-10,16H,1-2H3. The van der Waals surface area contributed by atoms with Gasteiger partial charge < -0.3 is 4.74 Å². The molecule has 0 heterocycles. The van der Waals surface area contributed by atoms with Crippen LogP contribution in [0, 0.1) is 5.82 Å². The van der Waals surface area contributed by atoms with Crippen LogP contribution in [0.5, 0.6) is 5.75 Å². The first-order valence-corrected chi connectivity index (χ1v) is 7.62. The lowest BCUT2D eigenvalue weighted by atomic mass is 10.0. The quantitative estimate of drug-likeness (QED) is 0.633. The molecule has 0 aromatic heterocycles. The lowest BCUT2D eigenvalue weighted by molar-refractivity contribution is 0.242. The van der Waals surface area contributed by atoms with Crippen molar-refractivity contribution in [2.45, 2.75) is 24.8 Å². The first-order chi connectivity index (χ1) is 9.47. The zero-order chi connectivity index (χ0) is 14.7. The maximum atomic E-state index is 13.1. The van der Waals surface area contributed by atoms with Gasteiger partial charge in [0.25, 0.3) is 0 Å². The highest BCUT2D eigenvalue weighted by Gasteiger charge is 2.14. The highest BCUT2D eigenvalue weighted by atomic mass is 79.9. The third-order valence-electron chi connectivity index (χ3n) is 2.78. The molecule has 0 saturated carbocycles. The Morgan fingerprint density at radius 3 is 2.30 bits per heavy atom. The maximum absolute atomic E-state index is 13.1. The topological polar surface area (TPSA) is 9.23 Å².